The van der Waals surface area contributed by atoms with Crippen LogP contribution in [0.2, 0.25) is 0 Å². The Morgan fingerprint density at radius 2 is 1.50 bits per heavy atom. The van der Waals surface area contributed by atoms with E-state index in [1.165, 1.54) is 17.0 Å². The van der Waals surface area contributed by atoms with Gasteiger partial charge in [0, 0.05) is 24.6 Å². The number of nitrogens with zero attached hydrogens (tertiary/aromatic N) is 3. The molecule has 170 valence electrons. The lowest BCUT2D eigenvalue weighted by molar-refractivity contribution is -0.308. The second kappa shape index (κ2) is 8.58. The first-order valence-electron chi connectivity index (χ1n) is 10.6. The molecule has 8 heteroatoms. The van der Waals surface area contributed by atoms with Gasteiger partial charge >= 0.3 is 0 Å². The van der Waals surface area contributed by atoms with Gasteiger partial charge in [-0.3, -0.25) is 9.69 Å². The number of rotatable bonds is 6. The minimum Gasteiger partial charge on any atom is -0.508 e. The van der Waals surface area contributed by atoms with Crippen LogP contribution in [-0.2, 0) is 22.5 Å². The minimum atomic E-state index is -1.88. The van der Waals surface area contributed by atoms with Gasteiger partial charge in [-0.15, -0.1) is 0 Å². The number of fused-ring (bicyclic) bond motifs is 1. The van der Waals surface area contributed by atoms with Crippen molar-refractivity contribution in [2.45, 2.75) is 18.6 Å². The Labute approximate surface area is 195 Å². The molecule has 2 heterocycles. The maximum atomic E-state index is 13.5. The molecule has 1 unspecified atom stereocenters. The maximum absolute atomic E-state index is 13.5. The molecule has 0 saturated carbocycles. The standard InChI is InChI=1S/C26H21N3O5/c30-20-10-6-18(7-11-20)15-26(34-33)25(32)29-16-23(19-8-12-21(31)13-9-19)27-22(24(29)28-26)14-17-4-2-1-3-5-17/h1-13,16,30-31,33H,14-15H2. The van der Waals surface area contributed by atoms with Crippen LogP contribution in [0.4, 0.5) is 0 Å². The molecule has 0 fully saturated rings. The Kier molecular flexibility index (Phi) is 5.45. The van der Waals surface area contributed by atoms with E-state index < -0.39 is 11.6 Å². The summed E-state index contributed by atoms with van der Waals surface area (Å²) in [5.74, 6) is -0.0586. The molecule has 0 radical (unpaired) electrons. The topological polar surface area (TPSA) is 115 Å². The van der Waals surface area contributed by atoms with Crippen molar-refractivity contribution >= 4 is 23.2 Å². The van der Waals surface area contributed by atoms with Gasteiger partial charge in [0.05, 0.1) is 11.4 Å². The van der Waals surface area contributed by atoms with Crippen LogP contribution in [0.15, 0.2) is 95.0 Å². The van der Waals surface area contributed by atoms with Crippen LogP contribution >= 0.6 is 0 Å². The lowest BCUT2D eigenvalue weighted by Gasteiger charge is -2.24. The Morgan fingerprint density at radius 1 is 0.853 bits per heavy atom. The summed E-state index contributed by atoms with van der Waals surface area (Å²) in [6, 6.07) is 22.4. The number of phenols is 2. The molecule has 1 amide bonds. The monoisotopic (exact) mass is 455 g/mol. The van der Waals surface area contributed by atoms with Crippen molar-refractivity contribution in [3.8, 4) is 11.5 Å². The average molecular weight is 455 g/mol. The van der Waals surface area contributed by atoms with Crippen LogP contribution in [0.5, 0.6) is 11.5 Å². The zero-order valence-electron chi connectivity index (χ0n) is 18.0. The molecular formula is C26H21N3O5. The van der Waals surface area contributed by atoms with Crippen LogP contribution in [0.25, 0.3) is 5.70 Å². The number of benzene rings is 3. The van der Waals surface area contributed by atoms with Gasteiger partial charge in [-0.1, -0.05) is 42.5 Å². The Morgan fingerprint density at radius 3 is 2.15 bits per heavy atom. The van der Waals surface area contributed by atoms with Crippen molar-refractivity contribution in [3.05, 3.63) is 102 Å². The number of carbonyl (C=O) groups excluding carboxylic acids is 1. The van der Waals surface area contributed by atoms with E-state index in [4.69, 9.17) is 9.88 Å². The van der Waals surface area contributed by atoms with E-state index in [1.807, 2.05) is 30.3 Å². The molecule has 0 aromatic heterocycles. The summed E-state index contributed by atoms with van der Waals surface area (Å²) in [6.07, 6.45) is 1.92. The average Bonchev–Trinajstić information content (AvgIpc) is 3.14. The predicted molar refractivity (Wildman–Crippen MR) is 126 cm³/mol. The molecule has 2 aliphatic heterocycles. The lowest BCUT2D eigenvalue weighted by Crippen LogP contribution is -2.45. The normalized spacial score (nSPS) is 19.4. The van der Waals surface area contributed by atoms with Crippen molar-refractivity contribution in [1.29, 1.82) is 0 Å². The number of aromatic hydroxyl groups is 2. The fourth-order valence-electron chi connectivity index (χ4n) is 4.00. The molecule has 2 aliphatic rings. The summed E-state index contributed by atoms with van der Waals surface area (Å²) >= 11 is 0. The van der Waals surface area contributed by atoms with Gasteiger partial charge in [0.1, 0.15) is 11.5 Å². The summed E-state index contributed by atoms with van der Waals surface area (Å²) < 4.78 is 0. The summed E-state index contributed by atoms with van der Waals surface area (Å²) in [6.45, 7) is 0. The highest BCUT2D eigenvalue weighted by Crippen LogP contribution is 2.34. The molecule has 0 bridgehead atoms. The van der Waals surface area contributed by atoms with Crippen LogP contribution in [0.1, 0.15) is 16.7 Å². The minimum absolute atomic E-state index is 0.0381. The summed E-state index contributed by atoms with van der Waals surface area (Å²) in [7, 11) is 0. The lowest BCUT2D eigenvalue weighted by atomic mass is 10.0. The Balaban J connectivity index is 1.57. The number of hydrogen-bond donors (Lipinski definition) is 3. The number of hydrogen-bond acceptors (Lipinski definition) is 7. The zero-order valence-corrected chi connectivity index (χ0v) is 18.0. The summed E-state index contributed by atoms with van der Waals surface area (Å²) in [4.78, 5) is 28.9. The number of amidine groups is 1. The number of phenolic OH excluding ortho intramolecular Hbond substituents is 2. The highest BCUT2D eigenvalue weighted by molar-refractivity contribution is 6.47. The van der Waals surface area contributed by atoms with Crippen molar-refractivity contribution < 1.29 is 25.2 Å². The molecule has 3 aromatic carbocycles. The molecule has 3 aromatic rings. The van der Waals surface area contributed by atoms with E-state index in [1.54, 1.807) is 42.6 Å². The molecule has 3 N–H and O–H groups in total. The third-order valence-electron chi connectivity index (χ3n) is 5.74. The highest BCUT2D eigenvalue weighted by Gasteiger charge is 2.52. The van der Waals surface area contributed by atoms with E-state index >= 15 is 0 Å². The quantitative estimate of drug-likeness (QED) is 0.387. The van der Waals surface area contributed by atoms with Crippen molar-refractivity contribution in [3.63, 3.8) is 0 Å². The molecule has 0 aliphatic carbocycles. The van der Waals surface area contributed by atoms with Crippen LogP contribution in [-0.4, -0.2) is 43.5 Å². The first-order chi connectivity index (χ1) is 16.5. The van der Waals surface area contributed by atoms with Crippen molar-refractivity contribution in [1.82, 2.24) is 4.90 Å². The zero-order chi connectivity index (χ0) is 23.7. The molecule has 34 heavy (non-hydrogen) atoms. The molecule has 8 nitrogen and oxygen atoms in total. The van der Waals surface area contributed by atoms with Gasteiger partial charge in [0.15, 0.2) is 5.84 Å². The maximum Gasteiger partial charge on any atom is 0.291 e. The fourth-order valence-corrected chi connectivity index (χ4v) is 4.00. The fraction of sp³-hybridized carbons (Fsp3) is 0.115. The number of carbonyl (C=O) groups is 1. The van der Waals surface area contributed by atoms with E-state index in [-0.39, 0.29) is 17.9 Å². The third-order valence-corrected chi connectivity index (χ3v) is 5.74. The van der Waals surface area contributed by atoms with Gasteiger partial charge in [-0.25, -0.2) is 15.2 Å². The van der Waals surface area contributed by atoms with Crippen molar-refractivity contribution in [2.24, 2.45) is 9.98 Å². The largest absolute Gasteiger partial charge is 0.508 e. The number of aliphatic imine (C=N–C) groups is 2. The van der Waals surface area contributed by atoms with Crippen molar-refractivity contribution in [2.75, 3.05) is 0 Å². The van der Waals surface area contributed by atoms with E-state index in [0.29, 0.717) is 34.8 Å². The van der Waals surface area contributed by atoms with Gasteiger partial charge in [-0.05, 0) is 47.5 Å². The van der Waals surface area contributed by atoms with E-state index in [9.17, 15) is 20.3 Å². The van der Waals surface area contributed by atoms with E-state index in [2.05, 4.69) is 4.99 Å². The number of amides is 1. The smallest absolute Gasteiger partial charge is 0.291 e. The van der Waals surface area contributed by atoms with Gasteiger partial charge in [0.2, 0.25) is 0 Å². The molecule has 0 spiro atoms. The second-order valence-electron chi connectivity index (χ2n) is 8.11. The highest BCUT2D eigenvalue weighted by atomic mass is 17.1. The Bertz CT molecular complexity index is 1310. The molecule has 0 saturated heterocycles. The van der Waals surface area contributed by atoms with E-state index in [0.717, 1.165) is 5.56 Å². The van der Waals surface area contributed by atoms with Crippen LogP contribution in [0.3, 0.4) is 0 Å². The van der Waals surface area contributed by atoms with Crippen LogP contribution in [0, 0.1) is 0 Å². The molecule has 5 rings (SSSR count). The van der Waals surface area contributed by atoms with Gasteiger partial charge in [-0.2, -0.15) is 4.89 Å². The SMILES string of the molecule is O=C1N2C=C(c3ccc(O)cc3)N=C(Cc3ccccc3)C2=NC1(Cc1ccc(O)cc1)OO. The second-order valence-corrected chi connectivity index (χ2v) is 8.11. The first kappa shape index (κ1) is 21.6. The summed E-state index contributed by atoms with van der Waals surface area (Å²) in [5, 5.41) is 29.1. The van der Waals surface area contributed by atoms with Crippen LogP contribution < -0.4 is 0 Å². The third kappa shape index (κ3) is 3.96. The summed E-state index contributed by atoms with van der Waals surface area (Å²) in [5.41, 5.74) is 1.49. The first-order valence-corrected chi connectivity index (χ1v) is 10.6. The van der Waals surface area contributed by atoms with Gasteiger partial charge in [0.25, 0.3) is 11.6 Å². The Hall–Kier alpha value is -4.27. The molecule has 1 atom stereocenters. The molecular weight excluding hydrogens is 434 g/mol. The predicted octanol–water partition coefficient (Wildman–Crippen LogP) is 3.76. The van der Waals surface area contributed by atoms with Gasteiger partial charge < -0.3 is 10.2 Å².